The van der Waals surface area contributed by atoms with Crippen LogP contribution in [0, 0.1) is 13.8 Å². The van der Waals surface area contributed by atoms with Crippen molar-refractivity contribution in [2.45, 2.75) is 33.7 Å². The number of carbonyl (C=O) groups is 2. The van der Waals surface area contributed by atoms with Crippen LogP contribution in [-0.4, -0.2) is 44.1 Å². The fourth-order valence-corrected chi connectivity index (χ4v) is 5.72. The Hall–Kier alpha value is -3.68. The third-order valence-electron chi connectivity index (χ3n) is 7.35. The highest BCUT2D eigenvalue weighted by Gasteiger charge is 2.47. The van der Waals surface area contributed by atoms with Crippen molar-refractivity contribution in [3.63, 3.8) is 0 Å². The van der Waals surface area contributed by atoms with Gasteiger partial charge in [-0.05, 0) is 74.7 Å². The van der Waals surface area contributed by atoms with Gasteiger partial charge in [-0.3, -0.25) is 14.5 Å². The van der Waals surface area contributed by atoms with Gasteiger partial charge < -0.3 is 19.5 Å². The van der Waals surface area contributed by atoms with Crippen molar-refractivity contribution < 1.29 is 24.2 Å². The van der Waals surface area contributed by atoms with Gasteiger partial charge in [0.25, 0.3) is 11.7 Å². The van der Waals surface area contributed by atoms with Crippen molar-refractivity contribution in [3.05, 3.63) is 86.4 Å². The summed E-state index contributed by atoms with van der Waals surface area (Å²) in [7, 11) is 2.78. The van der Waals surface area contributed by atoms with Gasteiger partial charge in [-0.15, -0.1) is 0 Å². The fraction of sp³-hybridized carbons (Fsp3) is 0.290. The number of aryl methyl sites for hydroxylation is 2. The number of ketones is 1. The van der Waals surface area contributed by atoms with Gasteiger partial charge in [-0.2, -0.15) is 0 Å². The quantitative estimate of drug-likeness (QED) is 0.173. The Bertz CT molecular complexity index is 1500. The van der Waals surface area contributed by atoms with Crippen molar-refractivity contribution >= 4 is 52.0 Å². The van der Waals surface area contributed by atoms with Gasteiger partial charge in [0.2, 0.25) is 0 Å². The molecule has 0 radical (unpaired) electrons. The van der Waals surface area contributed by atoms with E-state index in [0.717, 1.165) is 29.9 Å². The van der Waals surface area contributed by atoms with E-state index in [2.05, 4.69) is 18.7 Å². The molecular weight excluding hydrogens is 551 g/mol. The summed E-state index contributed by atoms with van der Waals surface area (Å²) in [5.41, 5.74) is 4.18. The SMILES string of the molecule is CCN(CC)c1ccc(C2/C(=C(\O)c3cc(Cl)c(OC)c(Cl)c3OC)C(=O)C(=O)N2c2ccc(C)c(C)c2)cc1. The van der Waals surface area contributed by atoms with Crippen LogP contribution in [-0.2, 0) is 9.59 Å². The van der Waals surface area contributed by atoms with E-state index in [-0.39, 0.29) is 32.7 Å². The molecule has 1 amide bonds. The molecule has 4 rings (SSSR count). The van der Waals surface area contributed by atoms with E-state index in [0.29, 0.717) is 11.3 Å². The zero-order valence-corrected chi connectivity index (χ0v) is 24.9. The number of rotatable bonds is 8. The van der Waals surface area contributed by atoms with Gasteiger partial charge >= 0.3 is 0 Å². The number of aliphatic hydroxyl groups excluding tert-OH is 1. The maximum absolute atomic E-state index is 13.7. The molecule has 0 spiro atoms. The van der Waals surface area contributed by atoms with Crippen LogP contribution in [0.15, 0.2) is 54.1 Å². The number of aliphatic hydroxyl groups is 1. The van der Waals surface area contributed by atoms with Crippen molar-refractivity contribution in [1.29, 1.82) is 0 Å². The van der Waals surface area contributed by atoms with Gasteiger partial charge in [0.15, 0.2) is 11.5 Å². The normalized spacial score (nSPS) is 16.4. The molecule has 1 saturated heterocycles. The molecule has 0 aromatic heterocycles. The predicted molar refractivity (Wildman–Crippen MR) is 160 cm³/mol. The summed E-state index contributed by atoms with van der Waals surface area (Å²) in [5, 5.41) is 11.8. The number of amides is 1. The second kappa shape index (κ2) is 11.8. The van der Waals surface area contributed by atoms with Crippen LogP contribution in [0.4, 0.5) is 11.4 Å². The highest BCUT2D eigenvalue weighted by molar-refractivity contribution is 6.52. The Balaban J connectivity index is 1.99. The molecule has 0 bridgehead atoms. The molecule has 1 aliphatic heterocycles. The number of ether oxygens (including phenoxy) is 2. The summed E-state index contributed by atoms with van der Waals surface area (Å²) >= 11 is 12.9. The van der Waals surface area contributed by atoms with Crippen LogP contribution in [0.5, 0.6) is 11.5 Å². The molecule has 1 N–H and O–H groups in total. The second-order valence-electron chi connectivity index (χ2n) is 9.49. The van der Waals surface area contributed by atoms with Crippen molar-refractivity contribution in [1.82, 2.24) is 0 Å². The van der Waals surface area contributed by atoms with E-state index < -0.39 is 23.5 Å². The lowest BCUT2D eigenvalue weighted by Gasteiger charge is -2.27. The molecule has 1 atom stereocenters. The van der Waals surface area contributed by atoms with Crippen molar-refractivity contribution in [2.75, 3.05) is 37.1 Å². The van der Waals surface area contributed by atoms with E-state index in [1.165, 1.54) is 25.2 Å². The number of nitrogens with zero attached hydrogens (tertiary/aromatic N) is 2. The van der Waals surface area contributed by atoms with Crippen LogP contribution in [0.25, 0.3) is 5.76 Å². The first kappa shape index (κ1) is 29.3. The Morgan fingerprint density at radius 3 is 2.10 bits per heavy atom. The molecule has 1 aliphatic rings. The Morgan fingerprint density at radius 1 is 0.925 bits per heavy atom. The number of hydrogen-bond acceptors (Lipinski definition) is 6. The molecule has 3 aromatic rings. The molecule has 1 fully saturated rings. The van der Waals surface area contributed by atoms with E-state index in [1.54, 1.807) is 6.07 Å². The van der Waals surface area contributed by atoms with Gasteiger partial charge in [0, 0.05) is 24.5 Å². The zero-order valence-electron chi connectivity index (χ0n) is 23.3. The highest BCUT2D eigenvalue weighted by atomic mass is 35.5. The summed E-state index contributed by atoms with van der Waals surface area (Å²) < 4.78 is 10.8. The minimum Gasteiger partial charge on any atom is -0.507 e. The van der Waals surface area contributed by atoms with Crippen LogP contribution >= 0.6 is 23.2 Å². The van der Waals surface area contributed by atoms with Crippen LogP contribution in [0.2, 0.25) is 10.0 Å². The Morgan fingerprint density at radius 2 is 1.55 bits per heavy atom. The lowest BCUT2D eigenvalue weighted by molar-refractivity contribution is -0.132. The summed E-state index contributed by atoms with van der Waals surface area (Å²) in [6.07, 6.45) is 0. The van der Waals surface area contributed by atoms with Crippen LogP contribution < -0.4 is 19.3 Å². The number of halogens is 2. The second-order valence-corrected chi connectivity index (χ2v) is 10.3. The first-order valence-electron chi connectivity index (χ1n) is 12.9. The predicted octanol–water partition coefficient (Wildman–Crippen LogP) is 7.10. The minimum atomic E-state index is -0.919. The minimum absolute atomic E-state index is 0.0302. The summed E-state index contributed by atoms with van der Waals surface area (Å²) in [5.74, 6) is -1.82. The molecule has 210 valence electrons. The zero-order chi connectivity index (χ0) is 29.3. The third kappa shape index (κ3) is 5.00. The molecule has 1 heterocycles. The van der Waals surface area contributed by atoms with Crippen LogP contribution in [0.1, 0.15) is 42.1 Å². The number of carbonyl (C=O) groups excluding carboxylic acids is 2. The molecule has 1 unspecified atom stereocenters. The fourth-order valence-electron chi connectivity index (χ4n) is 5.04. The standard InChI is InChI=1S/C31H32Cl2N2O5/c1-7-34(8-2)20-13-10-19(11-14-20)26-24(27(36)22-16-23(32)30(40-6)25(33)29(22)39-5)28(37)31(38)35(26)21-12-9-17(3)18(4)15-21/h9-16,26,36H,7-8H2,1-6H3/b27-24+. The Labute approximate surface area is 244 Å². The third-order valence-corrected chi connectivity index (χ3v) is 7.97. The number of methoxy groups -OCH3 is 2. The maximum Gasteiger partial charge on any atom is 0.300 e. The average Bonchev–Trinajstić information content (AvgIpc) is 3.21. The van der Waals surface area contributed by atoms with E-state index >= 15 is 0 Å². The first-order chi connectivity index (χ1) is 19.1. The average molecular weight is 584 g/mol. The van der Waals surface area contributed by atoms with Crippen molar-refractivity contribution in [3.8, 4) is 11.5 Å². The molecule has 0 aliphatic carbocycles. The molecule has 7 nitrogen and oxygen atoms in total. The van der Waals surface area contributed by atoms with Crippen molar-refractivity contribution in [2.24, 2.45) is 0 Å². The van der Waals surface area contributed by atoms with Gasteiger partial charge in [0.05, 0.1) is 36.4 Å². The topological polar surface area (TPSA) is 79.3 Å². The van der Waals surface area contributed by atoms with E-state index in [1.807, 2.05) is 50.2 Å². The van der Waals surface area contributed by atoms with Gasteiger partial charge in [0.1, 0.15) is 10.8 Å². The maximum atomic E-state index is 13.7. The summed E-state index contributed by atoms with van der Waals surface area (Å²) in [6.45, 7) is 9.72. The number of anilines is 2. The molecule has 9 heteroatoms. The molecule has 3 aromatic carbocycles. The molecular formula is C31H32Cl2N2O5. The number of hydrogen-bond donors (Lipinski definition) is 1. The number of Topliss-reactive ketones (excluding diaryl/α,β-unsaturated/α-hetero) is 1. The van der Waals surface area contributed by atoms with E-state index in [4.69, 9.17) is 32.7 Å². The largest absolute Gasteiger partial charge is 0.507 e. The monoisotopic (exact) mass is 582 g/mol. The summed E-state index contributed by atoms with van der Waals surface area (Å²) in [6, 6.07) is 13.7. The first-order valence-corrected chi connectivity index (χ1v) is 13.7. The van der Waals surface area contributed by atoms with E-state index in [9.17, 15) is 14.7 Å². The van der Waals surface area contributed by atoms with Gasteiger partial charge in [-0.1, -0.05) is 41.4 Å². The highest BCUT2D eigenvalue weighted by Crippen LogP contribution is 2.48. The smallest absolute Gasteiger partial charge is 0.300 e. The van der Waals surface area contributed by atoms with Crippen LogP contribution in [0.3, 0.4) is 0 Å². The van der Waals surface area contributed by atoms with Gasteiger partial charge in [-0.25, -0.2) is 0 Å². The number of benzene rings is 3. The molecule has 0 saturated carbocycles. The Kier molecular flexibility index (Phi) is 8.66. The lowest BCUT2D eigenvalue weighted by atomic mass is 9.94. The summed E-state index contributed by atoms with van der Waals surface area (Å²) in [4.78, 5) is 30.9. The molecule has 40 heavy (non-hydrogen) atoms. The lowest BCUT2D eigenvalue weighted by Crippen LogP contribution is -2.29.